The van der Waals surface area contributed by atoms with Gasteiger partial charge in [-0.15, -0.1) is 0 Å². The predicted octanol–water partition coefficient (Wildman–Crippen LogP) is 2.92. The maximum absolute atomic E-state index is 6.26. The molecule has 0 bridgehead atoms. The molecule has 0 heterocycles. The Morgan fingerprint density at radius 3 is 2.19 bits per heavy atom. The van der Waals surface area contributed by atoms with Crippen LogP contribution in [-0.2, 0) is 11.4 Å². The van der Waals surface area contributed by atoms with E-state index in [9.17, 15) is 0 Å². The second-order valence-electron chi connectivity index (χ2n) is 3.73. The van der Waals surface area contributed by atoms with Gasteiger partial charge < -0.3 is 9.57 Å². The van der Waals surface area contributed by atoms with Crippen molar-refractivity contribution < 1.29 is 9.57 Å². The second kappa shape index (κ2) is 5.53. The highest BCUT2D eigenvalue weighted by Crippen LogP contribution is 2.36. The maximum Gasteiger partial charge on any atom is 0.140 e. The number of methoxy groups -OCH3 is 1. The lowest BCUT2D eigenvalue weighted by Gasteiger charge is -2.18. The fourth-order valence-electron chi connectivity index (χ4n) is 1.80. The maximum atomic E-state index is 6.26. The van der Waals surface area contributed by atoms with Gasteiger partial charge in [0, 0.05) is 6.54 Å². The minimum absolute atomic E-state index is 0.638. The first-order valence-corrected chi connectivity index (χ1v) is 5.50. The van der Waals surface area contributed by atoms with Gasteiger partial charge in [0.25, 0.3) is 0 Å². The zero-order valence-corrected chi connectivity index (χ0v) is 11.2. The normalized spacial score (nSPS) is 10.6. The van der Waals surface area contributed by atoms with Crippen LogP contribution >= 0.6 is 11.6 Å². The van der Waals surface area contributed by atoms with E-state index in [2.05, 4.69) is 12.4 Å². The Morgan fingerprint density at radius 1 is 1.06 bits per heavy atom. The largest absolute Gasteiger partial charge is 0.495 e. The first-order chi connectivity index (χ1) is 7.54. The first-order valence-electron chi connectivity index (χ1n) is 5.12. The summed E-state index contributed by atoms with van der Waals surface area (Å²) >= 11 is 6.26. The molecule has 0 saturated heterocycles. The van der Waals surface area contributed by atoms with E-state index in [0.29, 0.717) is 11.6 Å². The van der Waals surface area contributed by atoms with Gasteiger partial charge >= 0.3 is 0 Å². The molecule has 1 rings (SSSR count). The second-order valence-corrected chi connectivity index (χ2v) is 4.10. The van der Waals surface area contributed by atoms with E-state index >= 15 is 0 Å². The summed E-state index contributed by atoms with van der Waals surface area (Å²) in [5.41, 5.74) is 7.29. The van der Waals surface area contributed by atoms with Crippen LogP contribution in [0.2, 0.25) is 5.02 Å². The van der Waals surface area contributed by atoms with Gasteiger partial charge in [-0.05, 0) is 43.0 Å². The quantitative estimate of drug-likeness (QED) is 0.825. The Morgan fingerprint density at radius 2 is 1.69 bits per heavy atom. The lowest BCUT2D eigenvalue weighted by Crippen LogP contribution is -2.14. The third-order valence-corrected chi connectivity index (χ3v) is 3.39. The van der Waals surface area contributed by atoms with Crippen molar-refractivity contribution in [2.24, 2.45) is 0 Å². The topological polar surface area (TPSA) is 30.5 Å². The van der Waals surface area contributed by atoms with Gasteiger partial charge in [0.1, 0.15) is 5.75 Å². The van der Waals surface area contributed by atoms with Gasteiger partial charge in [-0.25, -0.2) is 0 Å². The minimum atomic E-state index is 0.638. The molecule has 0 atom stereocenters. The molecule has 0 radical (unpaired) electrons. The van der Waals surface area contributed by atoms with Crippen LogP contribution in [0.5, 0.6) is 5.75 Å². The summed E-state index contributed by atoms with van der Waals surface area (Å²) in [7, 11) is 3.24. The van der Waals surface area contributed by atoms with E-state index < -0.39 is 0 Å². The van der Waals surface area contributed by atoms with Crippen molar-refractivity contribution in [2.45, 2.75) is 27.3 Å². The monoisotopic (exact) mass is 243 g/mol. The van der Waals surface area contributed by atoms with Crippen LogP contribution in [0.1, 0.15) is 22.3 Å². The van der Waals surface area contributed by atoms with Crippen LogP contribution in [0.15, 0.2) is 0 Å². The SMILES string of the molecule is CONCc1c(C)c(C)c(OC)c(Cl)c1C. The minimum Gasteiger partial charge on any atom is -0.495 e. The number of hydrogen-bond acceptors (Lipinski definition) is 3. The highest BCUT2D eigenvalue weighted by molar-refractivity contribution is 6.33. The van der Waals surface area contributed by atoms with Gasteiger partial charge in [0.2, 0.25) is 0 Å². The molecule has 0 aromatic heterocycles. The van der Waals surface area contributed by atoms with Gasteiger partial charge in [-0.1, -0.05) is 11.6 Å². The number of ether oxygens (including phenoxy) is 1. The van der Waals surface area contributed by atoms with Crippen molar-refractivity contribution in [2.75, 3.05) is 14.2 Å². The van der Waals surface area contributed by atoms with Crippen LogP contribution in [0.4, 0.5) is 0 Å². The Hall–Kier alpha value is -0.770. The van der Waals surface area contributed by atoms with Crippen molar-refractivity contribution in [3.8, 4) is 5.75 Å². The highest BCUT2D eigenvalue weighted by Gasteiger charge is 2.16. The highest BCUT2D eigenvalue weighted by atomic mass is 35.5. The van der Waals surface area contributed by atoms with Crippen molar-refractivity contribution >= 4 is 11.6 Å². The molecule has 4 heteroatoms. The molecule has 0 amide bonds. The molecular weight excluding hydrogens is 226 g/mol. The Bertz CT molecular complexity index is 362. The zero-order chi connectivity index (χ0) is 12.3. The standard InChI is InChI=1S/C12H18ClNO2/c1-7-8(2)12(15-4)11(13)9(3)10(7)6-14-16-5/h14H,6H2,1-5H3. The van der Waals surface area contributed by atoms with Gasteiger partial charge in [-0.3, -0.25) is 0 Å². The van der Waals surface area contributed by atoms with Gasteiger partial charge in [0.15, 0.2) is 0 Å². The molecule has 16 heavy (non-hydrogen) atoms. The molecule has 1 aromatic carbocycles. The van der Waals surface area contributed by atoms with E-state index in [4.69, 9.17) is 21.2 Å². The molecule has 3 nitrogen and oxygen atoms in total. The number of benzene rings is 1. The first kappa shape index (κ1) is 13.3. The van der Waals surface area contributed by atoms with Crippen LogP contribution in [0.25, 0.3) is 0 Å². The Kier molecular flexibility index (Phi) is 4.59. The molecule has 90 valence electrons. The van der Waals surface area contributed by atoms with Crippen LogP contribution in [0.3, 0.4) is 0 Å². The Labute approximate surface area is 102 Å². The molecular formula is C12H18ClNO2. The molecule has 1 N–H and O–H groups in total. The van der Waals surface area contributed by atoms with E-state index in [1.165, 1.54) is 5.56 Å². The van der Waals surface area contributed by atoms with Crippen molar-refractivity contribution in [1.82, 2.24) is 5.48 Å². The van der Waals surface area contributed by atoms with Crippen LogP contribution in [0, 0.1) is 20.8 Å². The van der Waals surface area contributed by atoms with Crippen molar-refractivity contribution in [1.29, 1.82) is 0 Å². The average molecular weight is 244 g/mol. The van der Waals surface area contributed by atoms with Crippen molar-refractivity contribution in [3.63, 3.8) is 0 Å². The third kappa shape index (κ3) is 2.32. The molecule has 0 fully saturated rings. The summed E-state index contributed by atoms with van der Waals surface area (Å²) in [4.78, 5) is 4.87. The summed E-state index contributed by atoms with van der Waals surface area (Å²) < 4.78 is 5.31. The number of halogens is 1. The fourth-order valence-corrected chi connectivity index (χ4v) is 2.13. The summed E-state index contributed by atoms with van der Waals surface area (Å²) in [6.45, 7) is 6.70. The van der Waals surface area contributed by atoms with Gasteiger partial charge in [0.05, 0.1) is 19.2 Å². The van der Waals surface area contributed by atoms with E-state index in [-0.39, 0.29) is 0 Å². The molecule has 0 spiro atoms. The third-order valence-electron chi connectivity index (χ3n) is 2.93. The molecule has 0 aliphatic rings. The van der Waals surface area contributed by atoms with Crippen LogP contribution < -0.4 is 10.2 Å². The van der Waals surface area contributed by atoms with Crippen LogP contribution in [-0.4, -0.2) is 14.2 Å². The zero-order valence-electron chi connectivity index (χ0n) is 10.4. The van der Waals surface area contributed by atoms with Gasteiger partial charge in [-0.2, -0.15) is 5.48 Å². The molecule has 0 aliphatic carbocycles. The molecule has 0 saturated carbocycles. The number of rotatable bonds is 4. The fraction of sp³-hybridized carbons (Fsp3) is 0.500. The lowest BCUT2D eigenvalue weighted by atomic mass is 9.97. The molecule has 0 unspecified atom stereocenters. The number of hydrogen-bond donors (Lipinski definition) is 1. The van der Waals surface area contributed by atoms with Crippen molar-refractivity contribution in [3.05, 3.63) is 27.3 Å². The van der Waals surface area contributed by atoms with E-state index in [1.807, 2.05) is 13.8 Å². The molecule has 1 aromatic rings. The smallest absolute Gasteiger partial charge is 0.140 e. The molecule has 0 aliphatic heterocycles. The summed E-state index contributed by atoms with van der Waals surface area (Å²) in [6, 6.07) is 0. The number of hydroxylamine groups is 1. The predicted molar refractivity (Wildman–Crippen MR) is 66.1 cm³/mol. The summed E-state index contributed by atoms with van der Waals surface area (Å²) in [6.07, 6.45) is 0. The van der Waals surface area contributed by atoms with E-state index in [1.54, 1.807) is 14.2 Å². The average Bonchev–Trinajstić information content (AvgIpc) is 2.27. The number of nitrogens with one attached hydrogen (secondary N) is 1. The van der Waals surface area contributed by atoms with E-state index in [0.717, 1.165) is 22.4 Å². The summed E-state index contributed by atoms with van der Waals surface area (Å²) in [5, 5.41) is 0.679. The Balaban J connectivity index is 3.29. The summed E-state index contributed by atoms with van der Waals surface area (Å²) in [5.74, 6) is 0.762. The lowest BCUT2D eigenvalue weighted by molar-refractivity contribution is 0.0864.